The van der Waals surface area contributed by atoms with E-state index in [1.54, 1.807) is 24.0 Å². The Bertz CT molecular complexity index is 889. The van der Waals surface area contributed by atoms with Crippen LogP contribution in [0.4, 0.5) is 5.69 Å². The molecule has 1 unspecified atom stereocenters. The zero-order valence-electron chi connectivity index (χ0n) is 12.4. The molecule has 0 bridgehead atoms. The third-order valence-electron chi connectivity index (χ3n) is 4.07. The smallest absolute Gasteiger partial charge is 0.255 e. The Hall–Kier alpha value is -2.31. The Labute approximate surface area is 137 Å². The number of aromatic amines is 1. The van der Waals surface area contributed by atoms with Crippen molar-refractivity contribution in [1.82, 2.24) is 9.97 Å². The molecule has 0 radical (unpaired) electrons. The highest BCUT2D eigenvalue weighted by Gasteiger charge is 2.19. The van der Waals surface area contributed by atoms with Crippen LogP contribution < -0.4 is 11.1 Å². The van der Waals surface area contributed by atoms with Crippen molar-refractivity contribution in [1.29, 1.82) is 0 Å². The molecule has 1 aliphatic heterocycles. The van der Waals surface area contributed by atoms with Crippen LogP contribution in [0.5, 0.6) is 0 Å². The highest BCUT2D eigenvalue weighted by atomic mass is 32.2. The summed E-state index contributed by atoms with van der Waals surface area (Å²) in [5.74, 6) is 0.870. The van der Waals surface area contributed by atoms with E-state index in [2.05, 4.69) is 15.3 Å². The van der Waals surface area contributed by atoms with Gasteiger partial charge in [-0.15, -0.1) is 11.8 Å². The van der Waals surface area contributed by atoms with E-state index in [0.717, 1.165) is 39.4 Å². The molecule has 1 amide bonds. The lowest BCUT2D eigenvalue weighted by Gasteiger charge is -2.22. The van der Waals surface area contributed by atoms with Gasteiger partial charge in [-0.25, -0.2) is 4.98 Å². The lowest BCUT2D eigenvalue weighted by Crippen LogP contribution is -2.17. The van der Waals surface area contributed by atoms with Crippen LogP contribution in [-0.4, -0.2) is 21.6 Å². The van der Waals surface area contributed by atoms with Crippen LogP contribution in [-0.2, 0) is 0 Å². The number of thioether (sulfide) groups is 1. The van der Waals surface area contributed by atoms with Gasteiger partial charge < -0.3 is 16.0 Å². The van der Waals surface area contributed by atoms with E-state index >= 15 is 0 Å². The van der Waals surface area contributed by atoms with Crippen LogP contribution in [0.15, 0.2) is 47.6 Å². The highest BCUT2D eigenvalue weighted by molar-refractivity contribution is 7.99. The maximum Gasteiger partial charge on any atom is 0.255 e. The minimum atomic E-state index is -0.124. The molecule has 1 atom stereocenters. The first-order valence-corrected chi connectivity index (χ1v) is 8.47. The molecule has 0 aliphatic carbocycles. The van der Waals surface area contributed by atoms with Gasteiger partial charge in [0.1, 0.15) is 5.65 Å². The fraction of sp³-hybridized carbons (Fsp3) is 0.176. The van der Waals surface area contributed by atoms with E-state index < -0.39 is 0 Å². The van der Waals surface area contributed by atoms with Crippen molar-refractivity contribution in [3.8, 4) is 0 Å². The number of pyridine rings is 1. The van der Waals surface area contributed by atoms with Crippen molar-refractivity contribution >= 4 is 34.4 Å². The molecule has 0 saturated heterocycles. The van der Waals surface area contributed by atoms with E-state index in [0.29, 0.717) is 5.56 Å². The summed E-state index contributed by atoms with van der Waals surface area (Å²) in [6.07, 6.45) is 4.46. The molecule has 1 aromatic carbocycles. The van der Waals surface area contributed by atoms with Crippen LogP contribution in [0.25, 0.3) is 11.0 Å². The summed E-state index contributed by atoms with van der Waals surface area (Å²) in [6, 6.07) is 9.53. The van der Waals surface area contributed by atoms with Crippen molar-refractivity contribution in [2.24, 2.45) is 5.73 Å². The van der Waals surface area contributed by atoms with Gasteiger partial charge in [0.15, 0.2) is 0 Å². The number of nitrogens with zero attached hydrogens (tertiary/aromatic N) is 1. The van der Waals surface area contributed by atoms with Gasteiger partial charge >= 0.3 is 0 Å². The number of H-pyrrole nitrogens is 1. The zero-order chi connectivity index (χ0) is 15.8. The number of rotatable bonds is 2. The second kappa shape index (κ2) is 5.72. The van der Waals surface area contributed by atoms with Crippen LogP contribution in [0, 0.1) is 0 Å². The minimum absolute atomic E-state index is 0.0723. The van der Waals surface area contributed by atoms with Gasteiger partial charge in [-0.3, -0.25) is 4.79 Å². The molecule has 4 rings (SSSR count). The maximum atomic E-state index is 12.6. The number of hydrogen-bond donors (Lipinski definition) is 3. The van der Waals surface area contributed by atoms with Crippen LogP contribution in [0.2, 0.25) is 0 Å². The van der Waals surface area contributed by atoms with Crippen molar-refractivity contribution in [2.75, 3.05) is 11.1 Å². The molecule has 23 heavy (non-hydrogen) atoms. The van der Waals surface area contributed by atoms with E-state index in [-0.39, 0.29) is 11.9 Å². The fourth-order valence-corrected chi connectivity index (χ4v) is 4.01. The molecule has 1 aliphatic rings. The van der Waals surface area contributed by atoms with E-state index in [1.807, 2.05) is 30.5 Å². The number of anilines is 1. The number of benzene rings is 1. The van der Waals surface area contributed by atoms with Crippen molar-refractivity contribution in [3.05, 3.63) is 53.9 Å². The number of nitrogens with one attached hydrogen (secondary N) is 2. The molecular weight excluding hydrogens is 308 g/mol. The summed E-state index contributed by atoms with van der Waals surface area (Å²) < 4.78 is 0. The lowest BCUT2D eigenvalue weighted by atomic mass is 10.0. The summed E-state index contributed by atoms with van der Waals surface area (Å²) in [5, 5.41) is 3.86. The largest absolute Gasteiger partial charge is 0.346 e. The quantitative estimate of drug-likeness (QED) is 0.675. The van der Waals surface area contributed by atoms with Gasteiger partial charge in [-0.1, -0.05) is 6.07 Å². The second-order valence-corrected chi connectivity index (χ2v) is 6.69. The normalized spacial score (nSPS) is 17.0. The molecule has 2 aromatic heterocycles. The van der Waals surface area contributed by atoms with Crippen molar-refractivity contribution in [2.45, 2.75) is 17.4 Å². The number of amides is 1. The Balaban J connectivity index is 1.63. The molecule has 3 heterocycles. The van der Waals surface area contributed by atoms with Crippen molar-refractivity contribution in [3.63, 3.8) is 0 Å². The second-order valence-electron chi connectivity index (χ2n) is 5.55. The van der Waals surface area contributed by atoms with Gasteiger partial charge in [-0.2, -0.15) is 0 Å². The molecule has 3 aromatic rings. The highest BCUT2D eigenvalue weighted by Crippen LogP contribution is 2.35. The summed E-state index contributed by atoms with van der Waals surface area (Å²) in [7, 11) is 0. The Kier molecular flexibility index (Phi) is 3.55. The molecule has 116 valence electrons. The average Bonchev–Trinajstić information content (AvgIpc) is 3.04. The van der Waals surface area contributed by atoms with Crippen LogP contribution in [0.1, 0.15) is 28.4 Å². The predicted octanol–water partition coefficient (Wildman–Crippen LogP) is 3.31. The minimum Gasteiger partial charge on any atom is -0.346 e. The molecule has 0 saturated carbocycles. The van der Waals surface area contributed by atoms with Gasteiger partial charge in [0.05, 0.1) is 5.69 Å². The summed E-state index contributed by atoms with van der Waals surface area (Å²) in [6.45, 7) is 0. The number of aromatic nitrogens is 2. The average molecular weight is 324 g/mol. The van der Waals surface area contributed by atoms with Gasteiger partial charge in [0.25, 0.3) is 5.91 Å². The predicted molar refractivity (Wildman–Crippen MR) is 92.8 cm³/mol. The standard InChI is InChI=1S/C17H16N4OS/c18-13-5-8-23-15-9-10(1-2-11(13)15)17(22)21-14-4-7-20-16-12(14)3-6-19-16/h1-4,6-7,9,13H,5,8,18H2,(H2,19,20,21,22). The summed E-state index contributed by atoms with van der Waals surface area (Å²) in [4.78, 5) is 20.9. The third-order valence-corrected chi connectivity index (χ3v) is 5.17. The first-order valence-electron chi connectivity index (χ1n) is 7.48. The van der Waals surface area contributed by atoms with E-state index in [4.69, 9.17) is 5.73 Å². The van der Waals surface area contributed by atoms with E-state index in [9.17, 15) is 4.79 Å². The summed E-state index contributed by atoms with van der Waals surface area (Å²) in [5.41, 5.74) is 9.41. The molecule has 0 spiro atoms. The molecule has 4 N–H and O–H groups in total. The van der Waals surface area contributed by atoms with Gasteiger partial charge in [0, 0.05) is 34.3 Å². The molecule has 5 nitrogen and oxygen atoms in total. The topological polar surface area (TPSA) is 83.8 Å². The fourth-order valence-electron chi connectivity index (χ4n) is 2.82. The molecular formula is C17H16N4OS. The summed E-state index contributed by atoms with van der Waals surface area (Å²) >= 11 is 1.76. The zero-order valence-corrected chi connectivity index (χ0v) is 13.2. The first-order chi connectivity index (χ1) is 11.2. The van der Waals surface area contributed by atoms with Crippen molar-refractivity contribution < 1.29 is 4.79 Å². The number of fused-ring (bicyclic) bond motifs is 2. The maximum absolute atomic E-state index is 12.6. The first kappa shape index (κ1) is 14.3. The molecule has 0 fully saturated rings. The van der Waals surface area contributed by atoms with Gasteiger partial charge in [0.2, 0.25) is 0 Å². The lowest BCUT2D eigenvalue weighted by molar-refractivity contribution is 0.102. The monoisotopic (exact) mass is 324 g/mol. The molecule has 6 heteroatoms. The SMILES string of the molecule is NC1CCSc2cc(C(=O)Nc3ccnc4[nH]ccc34)ccc21. The Morgan fingerprint density at radius 2 is 2.26 bits per heavy atom. The number of nitrogens with two attached hydrogens (primary N) is 1. The number of carbonyl (C=O) groups is 1. The van der Waals surface area contributed by atoms with Crippen LogP contribution in [0.3, 0.4) is 0 Å². The van der Waals surface area contributed by atoms with Crippen LogP contribution >= 0.6 is 11.8 Å². The third kappa shape index (κ3) is 2.60. The van der Waals surface area contributed by atoms with E-state index in [1.165, 1.54) is 0 Å². The number of hydrogen-bond acceptors (Lipinski definition) is 4. The van der Waals surface area contributed by atoms with Gasteiger partial charge in [-0.05, 0) is 42.0 Å². The number of carbonyl (C=O) groups excluding carboxylic acids is 1. The Morgan fingerprint density at radius 1 is 1.35 bits per heavy atom. The Morgan fingerprint density at radius 3 is 3.17 bits per heavy atom.